The number of unbranched alkanes of at least 4 members (excludes halogenated alkanes) is 2. The van der Waals surface area contributed by atoms with E-state index in [-0.39, 0.29) is 17.7 Å². The summed E-state index contributed by atoms with van der Waals surface area (Å²) >= 11 is 0. The zero-order chi connectivity index (χ0) is 20.4. The molecule has 6 nitrogen and oxygen atoms in total. The number of phenols is 1. The summed E-state index contributed by atoms with van der Waals surface area (Å²) in [5.41, 5.74) is 4.10. The molecule has 6 heteroatoms. The molecule has 0 saturated heterocycles. The zero-order valence-corrected chi connectivity index (χ0v) is 16.7. The predicted octanol–water partition coefficient (Wildman–Crippen LogP) is 4.53. The molecule has 2 heterocycles. The quantitative estimate of drug-likeness (QED) is 0.580. The van der Waals surface area contributed by atoms with Gasteiger partial charge in [0.2, 0.25) is 0 Å². The minimum atomic E-state index is -0.231. The van der Waals surface area contributed by atoms with Gasteiger partial charge in [0.25, 0.3) is 5.91 Å². The Morgan fingerprint density at radius 1 is 1.10 bits per heavy atom. The fourth-order valence-electron chi connectivity index (χ4n) is 3.93. The van der Waals surface area contributed by atoms with Gasteiger partial charge in [0.1, 0.15) is 17.2 Å². The number of carbonyl (C=O) groups is 1. The Bertz CT molecular complexity index is 993. The number of phenolic OH excluding ortho intramolecular Hbond substituents is 1. The molecule has 0 radical (unpaired) electrons. The Balaban J connectivity index is 1.79. The van der Waals surface area contributed by atoms with Gasteiger partial charge in [0.05, 0.1) is 18.8 Å². The number of amides is 1. The van der Waals surface area contributed by atoms with Gasteiger partial charge in [-0.2, -0.15) is 5.10 Å². The molecule has 1 amide bonds. The fourth-order valence-corrected chi connectivity index (χ4v) is 3.93. The van der Waals surface area contributed by atoms with Crippen LogP contribution in [0.2, 0.25) is 0 Å². The van der Waals surface area contributed by atoms with Gasteiger partial charge >= 0.3 is 0 Å². The number of methoxy groups -OCH3 is 1. The van der Waals surface area contributed by atoms with E-state index in [4.69, 9.17) is 4.74 Å². The molecule has 0 aliphatic carbocycles. The number of benzene rings is 2. The van der Waals surface area contributed by atoms with Gasteiger partial charge in [-0.15, -0.1) is 0 Å². The molecule has 4 rings (SSSR count). The summed E-state index contributed by atoms with van der Waals surface area (Å²) in [5.74, 6) is 0.952. The SMILES string of the molecule is CCCCCN1C(=O)c2[nH]nc(-c3ccc(OC)cc3)c2C1c1ccc(O)cc1. The highest BCUT2D eigenvalue weighted by Gasteiger charge is 2.41. The first-order valence-electron chi connectivity index (χ1n) is 9.96. The van der Waals surface area contributed by atoms with Gasteiger partial charge in [0, 0.05) is 17.7 Å². The lowest BCUT2D eigenvalue weighted by Crippen LogP contribution is -2.30. The number of hydrogen-bond acceptors (Lipinski definition) is 4. The van der Waals surface area contributed by atoms with Gasteiger partial charge in [-0.25, -0.2) is 0 Å². The topological polar surface area (TPSA) is 78.5 Å². The Kier molecular flexibility index (Phi) is 5.25. The van der Waals surface area contributed by atoms with E-state index in [9.17, 15) is 9.90 Å². The molecule has 2 aromatic carbocycles. The van der Waals surface area contributed by atoms with Crippen molar-refractivity contribution in [1.82, 2.24) is 15.1 Å². The van der Waals surface area contributed by atoms with E-state index < -0.39 is 0 Å². The summed E-state index contributed by atoms with van der Waals surface area (Å²) < 4.78 is 5.26. The summed E-state index contributed by atoms with van der Waals surface area (Å²) in [6.07, 6.45) is 3.12. The second kappa shape index (κ2) is 7.99. The number of ether oxygens (including phenoxy) is 1. The molecule has 1 atom stereocenters. The monoisotopic (exact) mass is 391 g/mol. The molecule has 1 unspecified atom stereocenters. The van der Waals surface area contributed by atoms with Crippen molar-refractivity contribution in [2.45, 2.75) is 32.2 Å². The van der Waals surface area contributed by atoms with E-state index in [0.29, 0.717) is 12.2 Å². The molecule has 3 aromatic rings. The number of rotatable bonds is 7. The smallest absolute Gasteiger partial charge is 0.273 e. The third kappa shape index (κ3) is 3.46. The molecule has 1 aliphatic heterocycles. The number of nitrogens with one attached hydrogen (secondary N) is 1. The largest absolute Gasteiger partial charge is 0.508 e. The number of aromatic amines is 1. The van der Waals surface area contributed by atoms with Gasteiger partial charge in [-0.05, 0) is 48.4 Å². The Labute approximate surface area is 170 Å². The van der Waals surface area contributed by atoms with E-state index in [1.807, 2.05) is 41.3 Å². The highest BCUT2D eigenvalue weighted by atomic mass is 16.5. The van der Waals surface area contributed by atoms with Crippen molar-refractivity contribution >= 4 is 5.91 Å². The second-order valence-electron chi connectivity index (χ2n) is 7.29. The molecule has 1 aromatic heterocycles. The lowest BCUT2D eigenvalue weighted by molar-refractivity contribution is 0.0740. The molecular weight excluding hydrogens is 366 g/mol. The van der Waals surface area contributed by atoms with Crippen LogP contribution in [-0.4, -0.2) is 39.8 Å². The van der Waals surface area contributed by atoms with Crippen LogP contribution in [0.25, 0.3) is 11.3 Å². The van der Waals surface area contributed by atoms with Crippen LogP contribution in [0.1, 0.15) is 53.8 Å². The van der Waals surface area contributed by atoms with Gasteiger partial charge in [-0.3, -0.25) is 9.89 Å². The third-order valence-electron chi connectivity index (χ3n) is 5.44. The van der Waals surface area contributed by atoms with Crippen LogP contribution in [0.5, 0.6) is 11.5 Å². The summed E-state index contributed by atoms with van der Waals surface area (Å²) in [7, 11) is 1.63. The number of aromatic nitrogens is 2. The standard InChI is InChI=1S/C23H25N3O3/c1-3-4-5-14-26-22(16-6-10-17(27)11-7-16)19-20(24-25-21(19)23(26)28)15-8-12-18(29-2)13-9-15/h6-13,22,27H,3-5,14H2,1-2H3,(H,24,25). The van der Waals surface area contributed by atoms with Crippen molar-refractivity contribution < 1.29 is 14.6 Å². The average molecular weight is 391 g/mol. The molecule has 0 saturated carbocycles. The lowest BCUT2D eigenvalue weighted by Gasteiger charge is -2.26. The van der Waals surface area contributed by atoms with Crippen LogP contribution in [0, 0.1) is 0 Å². The first kappa shape index (κ1) is 19.1. The second-order valence-corrected chi connectivity index (χ2v) is 7.29. The maximum absolute atomic E-state index is 13.2. The van der Waals surface area contributed by atoms with Crippen molar-refractivity contribution in [3.8, 4) is 22.8 Å². The number of H-pyrrole nitrogens is 1. The van der Waals surface area contributed by atoms with E-state index >= 15 is 0 Å². The third-order valence-corrected chi connectivity index (χ3v) is 5.44. The maximum atomic E-state index is 13.2. The van der Waals surface area contributed by atoms with E-state index in [1.54, 1.807) is 19.2 Å². The van der Waals surface area contributed by atoms with Gasteiger partial charge in [0.15, 0.2) is 0 Å². The van der Waals surface area contributed by atoms with Crippen LogP contribution in [0.3, 0.4) is 0 Å². The van der Waals surface area contributed by atoms with Gasteiger partial charge < -0.3 is 14.7 Å². The lowest BCUT2D eigenvalue weighted by atomic mass is 9.96. The highest BCUT2D eigenvalue weighted by Crippen LogP contribution is 2.43. The van der Waals surface area contributed by atoms with Crippen LogP contribution in [0.4, 0.5) is 0 Å². The van der Waals surface area contributed by atoms with Gasteiger partial charge in [-0.1, -0.05) is 31.9 Å². The molecular formula is C23H25N3O3. The van der Waals surface area contributed by atoms with E-state index in [1.165, 1.54) is 0 Å². The van der Waals surface area contributed by atoms with Crippen LogP contribution < -0.4 is 4.74 Å². The zero-order valence-electron chi connectivity index (χ0n) is 16.7. The first-order chi connectivity index (χ1) is 14.1. The molecule has 1 aliphatic rings. The Morgan fingerprint density at radius 2 is 1.83 bits per heavy atom. The normalized spacial score (nSPS) is 15.6. The Morgan fingerprint density at radius 3 is 2.48 bits per heavy atom. The van der Waals surface area contributed by atoms with Crippen molar-refractivity contribution in [2.75, 3.05) is 13.7 Å². The van der Waals surface area contributed by atoms with E-state index in [0.717, 1.165) is 47.4 Å². The predicted molar refractivity (Wildman–Crippen MR) is 111 cm³/mol. The van der Waals surface area contributed by atoms with Crippen LogP contribution >= 0.6 is 0 Å². The van der Waals surface area contributed by atoms with Crippen molar-refractivity contribution in [1.29, 1.82) is 0 Å². The number of carbonyl (C=O) groups excluding carboxylic acids is 1. The summed E-state index contributed by atoms with van der Waals surface area (Å²) in [4.78, 5) is 15.1. The number of nitrogens with zero attached hydrogens (tertiary/aromatic N) is 2. The average Bonchev–Trinajstić information content (AvgIpc) is 3.29. The van der Waals surface area contributed by atoms with Crippen molar-refractivity contribution in [2.24, 2.45) is 0 Å². The first-order valence-corrected chi connectivity index (χ1v) is 9.96. The fraction of sp³-hybridized carbons (Fsp3) is 0.304. The summed E-state index contributed by atoms with van der Waals surface area (Å²) in [6.45, 7) is 2.83. The minimum Gasteiger partial charge on any atom is -0.508 e. The molecule has 150 valence electrons. The molecule has 0 fully saturated rings. The highest BCUT2D eigenvalue weighted by molar-refractivity contribution is 6.00. The van der Waals surface area contributed by atoms with Crippen molar-refractivity contribution in [3.63, 3.8) is 0 Å². The molecule has 2 N–H and O–H groups in total. The molecule has 29 heavy (non-hydrogen) atoms. The summed E-state index contributed by atoms with van der Waals surface area (Å²) in [5, 5.41) is 17.2. The van der Waals surface area contributed by atoms with E-state index in [2.05, 4.69) is 17.1 Å². The maximum Gasteiger partial charge on any atom is 0.273 e. The number of aromatic hydroxyl groups is 1. The minimum absolute atomic E-state index is 0.0264. The van der Waals surface area contributed by atoms with Crippen LogP contribution in [0.15, 0.2) is 48.5 Å². The number of hydrogen-bond donors (Lipinski definition) is 2. The summed E-state index contributed by atoms with van der Waals surface area (Å²) in [6, 6.07) is 14.5. The molecule has 0 bridgehead atoms. The van der Waals surface area contributed by atoms with Crippen molar-refractivity contribution in [3.05, 3.63) is 65.4 Å². The van der Waals surface area contributed by atoms with Crippen LogP contribution in [-0.2, 0) is 0 Å². The number of fused-ring (bicyclic) bond motifs is 1. The molecule has 0 spiro atoms. The Hall–Kier alpha value is -3.28.